The summed E-state index contributed by atoms with van der Waals surface area (Å²) in [4.78, 5) is 0. The van der Waals surface area contributed by atoms with Crippen molar-refractivity contribution in [3.63, 3.8) is 0 Å². The van der Waals surface area contributed by atoms with Crippen molar-refractivity contribution in [2.75, 3.05) is 6.38 Å². The van der Waals surface area contributed by atoms with E-state index in [0.717, 1.165) is 12.1 Å². The SMILES string of the molecule is CCl.[NH3+]Cc1cccc(O)c1. The number of benzene rings is 1. The molecule has 3 heteroatoms. The van der Waals surface area contributed by atoms with E-state index in [9.17, 15) is 0 Å². The van der Waals surface area contributed by atoms with Crippen LogP contribution in [0.15, 0.2) is 24.3 Å². The summed E-state index contributed by atoms with van der Waals surface area (Å²) >= 11 is 4.64. The third-order valence-corrected chi connectivity index (χ3v) is 1.20. The minimum Gasteiger partial charge on any atom is -0.508 e. The minimum atomic E-state index is 0.316. The second-order valence-corrected chi connectivity index (χ2v) is 1.92. The van der Waals surface area contributed by atoms with E-state index in [4.69, 9.17) is 5.11 Å². The Morgan fingerprint density at radius 3 is 2.45 bits per heavy atom. The molecule has 1 aromatic rings. The van der Waals surface area contributed by atoms with E-state index < -0.39 is 0 Å². The Labute approximate surface area is 71.6 Å². The maximum absolute atomic E-state index is 8.92. The number of phenolic OH excluding ortho intramolecular Hbond substituents is 1. The summed E-state index contributed by atoms with van der Waals surface area (Å²) in [7, 11) is 0. The Balaban J connectivity index is 0.000000461. The molecule has 0 aliphatic heterocycles. The quantitative estimate of drug-likeness (QED) is 0.613. The number of alkyl halides is 1. The van der Waals surface area contributed by atoms with Gasteiger partial charge in [-0.3, -0.25) is 0 Å². The minimum absolute atomic E-state index is 0.316. The Hall–Kier alpha value is -0.730. The molecule has 0 unspecified atom stereocenters. The van der Waals surface area contributed by atoms with Crippen LogP contribution in [0, 0.1) is 0 Å². The summed E-state index contributed by atoms with van der Waals surface area (Å²) in [6.45, 7) is 0.731. The molecule has 0 aliphatic rings. The zero-order valence-corrected chi connectivity index (χ0v) is 7.30. The Morgan fingerprint density at radius 2 is 2.09 bits per heavy atom. The normalized spacial score (nSPS) is 8.27. The van der Waals surface area contributed by atoms with Crippen LogP contribution in [-0.2, 0) is 6.54 Å². The van der Waals surface area contributed by atoms with Gasteiger partial charge in [0.25, 0.3) is 0 Å². The predicted molar refractivity (Wildman–Crippen MR) is 46.5 cm³/mol. The lowest BCUT2D eigenvalue weighted by atomic mass is 10.2. The van der Waals surface area contributed by atoms with E-state index in [-0.39, 0.29) is 0 Å². The van der Waals surface area contributed by atoms with Crippen molar-refractivity contribution in [3.05, 3.63) is 29.8 Å². The molecule has 1 aromatic carbocycles. The van der Waals surface area contributed by atoms with Gasteiger partial charge in [0.15, 0.2) is 0 Å². The number of halogens is 1. The number of aromatic hydroxyl groups is 1. The highest BCUT2D eigenvalue weighted by molar-refractivity contribution is 6.15. The molecule has 0 fully saturated rings. The molecule has 0 atom stereocenters. The monoisotopic (exact) mass is 174 g/mol. The molecule has 0 aliphatic carbocycles. The lowest BCUT2D eigenvalue weighted by molar-refractivity contribution is -0.386. The lowest BCUT2D eigenvalue weighted by Gasteiger charge is -1.92. The van der Waals surface area contributed by atoms with Crippen LogP contribution in [0.5, 0.6) is 5.75 Å². The summed E-state index contributed by atoms with van der Waals surface area (Å²) in [5.41, 5.74) is 4.75. The van der Waals surface area contributed by atoms with Gasteiger partial charge in [-0.15, -0.1) is 11.6 Å². The molecule has 2 nitrogen and oxygen atoms in total. The number of rotatable bonds is 1. The molecule has 0 amide bonds. The average molecular weight is 175 g/mol. The van der Waals surface area contributed by atoms with Gasteiger partial charge in [-0.2, -0.15) is 0 Å². The molecule has 0 saturated heterocycles. The molecule has 0 spiro atoms. The summed E-state index contributed by atoms with van der Waals surface area (Å²) < 4.78 is 0. The van der Waals surface area contributed by atoms with E-state index in [0.29, 0.717) is 5.75 Å². The molecule has 11 heavy (non-hydrogen) atoms. The number of hydrogen-bond donors (Lipinski definition) is 2. The zero-order valence-electron chi connectivity index (χ0n) is 6.55. The summed E-state index contributed by atoms with van der Waals surface area (Å²) in [5.74, 6) is 0.316. The third-order valence-electron chi connectivity index (χ3n) is 1.20. The molecule has 1 rings (SSSR count). The standard InChI is InChI=1S/C7H9NO.CH3Cl/c8-5-6-2-1-3-7(9)4-6;1-2/h1-4,9H,5,8H2;1H3/p+1. The maximum Gasteiger partial charge on any atom is 0.116 e. The van der Waals surface area contributed by atoms with Crippen LogP contribution < -0.4 is 5.73 Å². The molecule has 0 saturated carbocycles. The predicted octanol–water partition coefficient (Wildman–Crippen LogP) is 0.989. The van der Waals surface area contributed by atoms with E-state index in [1.807, 2.05) is 12.1 Å². The molecular weight excluding hydrogens is 162 g/mol. The number of quaternary nitrogens is 1. The van der Waals surface area contributed by atoms with E-state index in [2.05, 4.69) is 17.3 Å². The van der Waals surface area contributed by atoms with Crippen molar-refractivity contribution in [1.29, 1.82) is 0 Å². The van der Waals surface area contributed by atoms with Crippen LogP contribution >= 0.6 is 11.6 Å². The van der Waals surface area contributed by atoms with Crippen molar-refractivity contribution in [2.45, 2.75) is 6.54 Å². The second kappa shape index (κ2) is 6.01. The van der Waals surface area contributed by atoms with Crippen LogP contribution in [-0.4, -0.2) is 11.5 Å². The highest BCUT2D eigenvalue weighted by atomic mass is 35.5. The third kappa shape index (κ3) is 3.86. The van der Waals surface area contributed by atoms with Crippen LogP contribution in [0.2, 0.25) is 0 Å². The number of hydrogen-bond acceptors (Lipinski definition) is 1. The first kappa shape index (κ1) is 10.3. The van der Waals surface area contributed by atoms with Gasteiger partial charge < -0.3 is 10.8 Å². The highest BCUT2D eigenvalue weighted by Gasteiger charge is 1.90. The fraction of sp³-hybridized carbons (Fsp3) is 0.250. The zero-order chi connectivity index (χ0) is 8.69. The smallest absolute Gasteiger partial charge is 0.116 e. The topological polar surface area (TPSA) is 47.9 Å². The summed E-state index contributed by atoms with van der Waals surface area (Å²) in [6.07, 6.45) is 1.47. The molecule has 0 bridgehead atoms. The van der Waals surface area contributed by atoms with E-state index in [1.165, 1.54) is 6.38 Å². The highest BCUT2D eigenvalue weighted by Crippen LogP contribution is 2.08. The molecule has 62 valence electrons. The molecular formula is C8H13ClNO+. The second-order valence-electron chi connectivity index (χ2n) is 1.92. The molecule has 0 radical (unpaired) electrons. The Bertz CT molecular complexity index is 203. The van der Waals surface area contributed by atoms with Gasteiger partial charge >= 0.3 is 0 Å². The summed E-state index contributed by atoms with van der Waals surface area (Å²) in [6, 6.07) is 7.12. The number of phenols is 1. The molecule has 0 heterocycles. The molecule has 4 N–H and O–H groups in total. The van der Waals surface area contributed by atoms with Gasteiger partial charge in [0.05, 0.1) is 6.54 Å². The van der Waals surface area contributed by atoms with Gasteiger partial charge in [-0.05, 0) is 12.1 Å². The van der Waals surface area contributed by atoms with Gasteiger partial charge in [0.2, 0.25) is 0 Å². The Kier molecular flexibility index (Phi) is 5.61. The lowest BCUT2D eigenvalue weighted by Crippen LogP contribution is -2.47. The van der Waals surface area contributed by atoms with Crippen molar-refractivity contribution in [2.24, 2.45) is 0 Å². The van der Waals surface area contributed by atoms with Crippen LogP contribution in [0.1, 0.15) is 5.56 Å². The maximum atomic E-state index is 8.92. The van der Waals surface area contributed by atoms with Gasteiger partial charge in [-0.25, -0.2) is 0 Å². The Morgan fingerprint density at radius 1 is 1.45 bits per heavy atom. The van der Waals surface area contributed by atoms with E-state index in [1.54, 1.807) is 12.1 Å². The largest absolute Gasteiger partial charge is 0.508 e. The first-order valence-corrected chi connectivity index (χ1v) is 4.03. The van der Waals surface area contributed by atoms with Crippen molar-refractivity contribution in [3.8, 4) is 5.75 Å². The van der Waals surface area contributed by atoms with Crippen LogP contribution in [0.25, 0.3) is 0 Å². The van der Waals surface area contributed by atoms with Crippen molar-refractivity contribution < 1.29 is 10.8 Å². The van der Waals surface area contributed by atoms with Gasteiger partial charge in [0.1, 0.15) is 5.75 Å². The van der Waals surface area contributed by atoms with Crippen molar-refractivity contribution in [1.82, 2.24) is 0 Å². The van der Waals surface area contributed by atoms with Gasteiger partial charge in [0, 0.05) is 11.9 Å². The average Bonchev–Trinajstić information content (AvgIpc) is 2.08. The first-order chi connectivity index (χ1) is 5.33. The van der Waals surface area contributed by atoms with Crippen molar-refractivity contribution >= 4 is 11.6 Å². The van der Waals surface area contributed by atoms with E-state index >= 15 is 0 Å². The molecule has 0 aromatic heterocycles. The first-order valence-electron chi connectivity index (χ1n) is 3.28. The summed E-state index contributed by atoms with van der Waals surface area (Å²) in [5, 5.41) is 8.92. The fourth-order valence-electron chi connectivity index (χ4n) is 0.712. The fourth-order valence-corrected chi connectivity index (χ4v) is 0.712. The van der Waals surface area contributed by atoms with Crippen LogP contribution in [0.3, 0.4) is 0 Å². The van der Waals surface area contributed by atoms with Crippen LogP contribution in [0.4, 0.5) is 0 Å². The van der Waals surface area contributed by atoms with Gasteiger partial charge in [-0.1, -0.05) is 12.1 Å².